The van der Waals surface area contributed by atoms with Gasteiger partial charge in [-0.15, -0.1) is 0 Å². The quantitative estimate of drug-likeness (QED) is 0.840. The minimum atomic E-state index is -1.92. The number of alkyl halides is 1. The fourth-order valence-corrected chi connectivity index (χ4v) is 3.20. The highest BCUT2D eigenvalue weighted by Gasteiger charge is 2.50. The van der Waals surface area contributed by atoms with E-state index in [4.69, 9.17) is 4.74 Å². The van der Waals surface area contributed by atoms with Crippen LogP contribution in [0.4, 0.5) is 8.78 Å². The first-order chi connectivity index (χ1) is 10.1. The Morgan fingerprint density at radius 1 is 1.55 bits per heavy atom. The van der Waals surface area contributed by atoms with Crippen LogP contribution in [0.15, 0.2) is 16.6 Å². The lowest BCUT2D eigenvalue weighted by atomic mass is 9.85. The highest BCUT2D eigenvalue weighted by atomic mass is 79.9. The van der Waals surface area contributed by atoms with E-state index in [9.17, 15) is 18.3 Å². The molecule has 0 saturated heterocycles. The number of hydrogen-bond acceptors (Lipinski definition) is 3. The van der Waals surface area contributed by atoms with E-state index >= 15 is 0 Å². The van der Waals surface area contributed by atoms with Gasteiger partial charge in [0, 0.05) is 5.56 Å². The molecule has 0 radical (unpaired) electrons. The van der Waals surface area contributed by atoms with Crippen LogP contribution in [-0.2, 0) is 16.5 Å². The van der Waals surface area contributed by atoms with E-state index in [1.54, 1.807) is 20.8 Å². The molecule has 1 aliphatic heterocycles. The number of benzene rings is 1. The molecule has 2 rings (SSSR count). The smallest absolute Gasteiger partial charge is 0.181 e. The maximum atomic E-state index is 14.5. The molecule has 1 aliphatic rings. The Morgan fingerprint density at radius 2 is 2.18 bits per heavy atom. The van der Waals surface area contributed by atoms with Crippen LogP contribution in [0.25, 0.3) is 0 Å². The molecule has 22 heavy (non-hydrogen) atoms. The minimum Gasteiger partial charge on any atom is -0.487 e. The van der Waals surface area contributed by atoms with Crippen molar-refractivity contribution in [3.05, 3.63) is 28.0 Å². The van der Waals surface area contributed by atoms with Gasteiger partial charge in [0.05, 0.1) is 26.3 Å². The van der Waals surface area contributed by atoms with Crippen LogP contribution in [0.5, 0.6) is 5.75 Å². The topological polar surface area (TPSA) is 62.1 Å². The molecule has 0 aliphatic carbocycles. The third-order valence-electron chi connectivity index (χ3n) is 3.30. The number of fused-ring (bicyclic) bond motifs is 1. The Morgan fingerprint density at radius 3 is 2.73 bits per heavy atom. The molecule has 120 valence electrons. The molecular weight excluding hydrogens is 378 g/mol. The van der Waals surface area contributed by atoms with Crippen LogP contribution in [0.3, 0.4) is 0 Å². The van der Waals surface area contributed by atoms with Crippen LogP contribution >= 0.6 is 15.9 Å². The summed E-state index contributed by atoms with van der Waals surface area (Å²) in [5, 5.41) is 9.56. The van der Waals surface area contributed by atoms with Gasteiger partial charge in [-0.3, -0.25) is 0 Å². The van der Waals surface area contributed by atoms with Crippen molar-refractivity contribution >= 4 is 26.9 Å². The fourth-order valence-electron chi connectivity index (χ4n) is 2.01. The molecule has 0 bridgehead atoms. The average molecular weight is 393 g/mol. The summed E-state index contributed by atoms with van der Waals surface area (Å²) in [5.74, 6) is -0.921. The first-order valence-corrected chi connectivity index (χ1v) is 8.44. The summed E-state index contributed by atoms with van der Waals surface area (Å²) in [4.78, 5) is 0. The Hall–Kier alpha value is -1.04. The summed E-state index contributed by atoms with van der Waals surface area (Å²) in [5.41, 5.74) is -1.92. The SMILES string of the molecule is CC(C)(C)[S@](=O)N[C@@]1(C#N)c2ccc(Br)c(F)c2OC[C@@H]1F. The largest absolute Gasteiger partial charge is 0.487 e. The summed E-state index contributed by atoms with van der Waals surface area (Å²) in [6.45, 7) is 4.58. The fraction of sp³-hybridized carbons (Fsp3) is 0.500. The highest BCUT2D eigenvalue weighted by Crippen LogP contribution is 2.42. The molecule has 8 heteroatoms. The molecular formula is C14H15BrF2N2O2S. The van der Waals surface area contributed by atoms with Crippen molar-refractivity contribution < 1.29 is 17.7 Å². The van der Waals surface area contributed by atoms with Gasteiger partial charge in [0.1, 0.15) is 6.61 Å². The van der Waals surface area contributed by atoms with Gasteiger partial charge in [-0.05, 0) is 42.8 Å². The lowest BCUT2D eigenvalue weighted by Crippen LogP contribution is -2.56. The second kappa shape index (κ2) is 5.87. The van der Waals surface area contributed by atoms with Crippen LogP contribution in [0.2, 0.25) is 0 Å². The molecule has 0 aromatic heterocycles. The van der Waals surface area contributed by atoms with Crippen molar-refractivity contribution in [3.63, 3.8) is 0 Å². The number of rotatable bonds is 2. The minimum absolute atomic E-state index is 0.00653. The number of hydrogen-bond donors (Lipinski definition) is 1. The molecule has 1 N–H and O–H groups in total. The molecule has 0 spiro atoms. The van der Waals surface area contributed by atoms with E-state index in [0.717, 1.165) is 0 Å². The second-order valence-electron chi connectivity index (χ2n) is 5.92. The van der Waals surface area contributed by atoms with Crippen molar-refractivity contribution in [2.24, 2.45) is 0 Å². The van der Waals surface area contributed by atoms with Gasteiger partial charge in [-0.2, -0.15) is 5.26 Å². The summed E-state index contributed by atoms with van der Waals surface area (Å²) >= 11 is 3.02. The number of nitrogens with zero attached hydrogens (tertiary/aromatic N) is 1. The first kappa shape index (κ1) is 17.3. The normalized spacial score (nSPS) is 25.8. The maximum absolute atomic E-state index is 14.5. The van der Waals surface area contributed by atoms with Crippen LogP contribution in [0, 0.1) is 17.1 Å². The highest BCUT2D eigenvalue weighted by molar-refractivity contribution is 9.10. The Labute approximate surface area is 138 Å². The van der Waals surface area contributed by atoms with Crippen LogP contribution < -0.4 is 9.46 Å². The van der Waals surface area contributed by atoms with E-state index in [0.29, 0.717) is 0 Å². The number of ether oxygens (including phenoxy) is 1. The maximum Gasteiger partial charge on any atom is 0.181 e. The van der Waals surface area contributed by atoms with Crippen molar-refractivity contribution in [1.29, 1.82) is 5.26 Å². The van der Waals surface area contributed by atoms with Crippen molar-refractivity contribution in [2.45, 2.75) is 37.2 Å². The van der Waals surface area contributed by atoms with Gasteiger partial charge in [0.15, 0.2) is 23.3 Å². The predicted octanol–water partition coefficient (Wildman–Crippen LogP) is 3.09. The van der Waals surface area contributed by atoms with Gasteiger partial charge >= 0.3 is 0 Å². The van der Waals surface area contributed by atoms with Crippen LogP contribution in [0.1, 0.15) is 26.3 Å². The zero-order chi connectivity index (χ0) is 16.7. The van der Waals surface area contributed by atoms with E-state index in [1.807, 2.05) is 6.07 Å². The van der Waals surface area contributed by atoms with Crippen LogP contribution in [-0.4, -0.2) is 21.7 Å². The molecule has 0 unspecified atom stereocenters. The molecule has 1 heterocycles. The first-order valence-electron chi connectivity index (χ1n) is 6.50. The number of halogens is 3. The molecule has 1 aromatic rings. The Bertz CT molecular complexity index is 672. The van der Waals surface area contributed by atoms with E-state index in [1.165, 1.54) is 12.1 Å². The van der Waals surface area contributed by atoms with Crippen molar-refractivity contribution in [1.82, 2.24) is 4.72 Å². The Balaban J connectivity index is 2.60. The van der Waals surface area contributed by atoms with E-state index < -0.39 is 39.9 Å². The summed E-state index contributed by atoms with van der Waals surface area (Å²) in [7, 11) is -1.72. The monoisotopic (exact) mass is 392 g/mol. The average Bonchev–Trinajstić information content (AvgIpc) is 2.44. The number of nitrogens with one attached hydrogen (secondary N) is 1. The molecule has 0 fully saturated rings. The third-order valence-corrected chi connectivity index (χ3v) is 5.54. The molecule has 0 amide bonds. The van der Waals surface area contributed by atoms with Gasteiger partial charge in [0.25, 0.3) is 0 Å². The van der Waals surface area contributed by atoms with Crippen molar-refractivity contribution in [3.8, 4) is 11.8 Å². The summed E-state index contributed by atoms with van der Waals surface area (Å²) < 4.78 is 48.1. The Kier molecular flexibility index (Phi) is 4.62. The predicted molar refractivity (Wildman–Crippen MR) is 82.8 cm³/mol. The zero-order valence-electron chi connectivity index (χ0n) is 12.2. The lowest BCUT2D eigenvalue weighted by Gasteiger charge is -2.37. The summed E-state index contributed by atoms with van der Waals surface area (Å²) in [6.07, 6.45) is -1.78. The van der Waals surface area contributed by atoms with Gasteiger partial charge in [-0.1, -0.05) is 6.07 Å². The van der Waals surface area contributed by atoms with E-state index in [-0.39, 0.29) is 15.8 Å². The lowest BCUT2D eigenvalue weighted by molar-refractivity contribution is 0.105. The van der Waals surface area contributed by atoms with Gasteiger partial charge in [-0.25, -0.2) is 17.7 Å². The molecule has 3 atom stereocenters. The second-order valence-corrected chi connectivity index (χ2v) is 8.74. The molecule has 0 saturated carbocycles. The number of nitriles is 1. The van der Waals surface area contributed by atoms with Gasteiger partial charge < -0.3 is 4.74 Å². The standard InChI is InChI=1S/C14H15BrF2N2O2S/c1-13(2,3)22(20)19-14(7-18)8-4-5-9(15)11(17)12(8)21-6-10(14)16/h4-5,10,19H,6H2,1-3H3/t10-,14-,22-/m0/s1. The third kappa shape index (κ3) is 2.77. The summed E-state index contributed by atoms with van der Waals surface area (Å²) in [6, 6.07) is 4.59. The molecule has 4 nitrogen and oxygen atoms in total. The molecule has 1 aromatic carbocycles. The van der Waals surface area contributed by atoms with Crippen molar-refractivity contribution in [2.75, 3.05) is 6.61 Å². The van der Waals surface area contributed by atoms with E-state index in [2.05, 4.69) is 20.7 Å². The van der Waals surface area contributed by atoms with Gasteiger partial charge in [0.2, 0.25) is 0 Å². The zero-order valence-corrected chi connectivity index (χ0v) is 14.6.